The summed E-state index contributed by atoms with van der Waals surface area (Å²) < 4.78 is 62.0. The smallest absolute Gasteiger partial charge is 0.225 e. The van der Waals surface area contributed by atoms with E-state index in [4.69, 9.17) is 5.14 Å². The van der Waals surface area contributed by atoms with Crippen molar-refractivity contribution in [3.8, 4) is 5.69 Å². The van der Waals surface area contributed by atoms with Crippen LogP contribution in [0, 0.1) is 5.92 Å². The summed E-state index contributed by atoms with van der Waals surface area (Å²) in [6, 6.07) is 5.08. The summed E-state index contributed by atoms with van der Waals surface area (Å²) in [5.41, 5.74) is 0.274. The van der Waals surface area contributed by atoms with Crippen LogP contribution in [0.15, 0.2) is 29.2 Å². The lowest BCUT2D eigenvalue weighted by Crippen LogP contribution is -2.12. The van der Waals surface area contributed by atoms with Crippen molar-refractivity contribution in [1.29, 1.82) is 0 Å². The van der Waals surface area contributed by atoms with E-state index in [-0.39, 0.29) is 22.3 Å². The summed E-state index contributed by atoms with van der Waals surface area (Å²) >= 11 is 0. The molecule has 23 heavy (non-hydrogen) atoms. The number of nitrogens with two attached hydrogens (primary N) is 1. The monoisotopic (exact) mass is 348 g/mol. The van der Waals surface area contributed by atoms with Gasteiger partial charge >= 0.3 is 6.18 Å². The Morgan fingerprint density at radius 3 is 2.22 bits per heavy atom. The molecule has 0 atom stereocenters. The molecule has 0 fully saturated rings. The maximum absolute atomic E-state index is 12.8. The van der Waals surface area contributed by atoms with Crippen LogP contribution in [-0.2, 0) is 22.6 Å². The summed E-state index contributed by atoms with van der Waals surface area (Å²) in [6.45, 7) is 3.69. The molecule has 0 unspecified atom stereocenters. The van der Waals surface area contributed by atoms with Crippen molar-refractivity contribution >= 4 is 10.0 Å². The van der Waals surface area contributed by atoms with Crippen molar-refractivity contribution in [2.75, 3.05) is 0 Å². The predicted octanol–water partition coefficient (Wildman–Crippen LogP) is 2.13. The number of hydrogen-bond acceptors (Lipinski definition) is 4. The maximum Gasteiger partial charge on any atom is 0.453 e. The van der Waals surface area contributed by atoms with Gasteiger partial charge in [-0.2, -0.15) is 13.2 Å². The first kappa shape index (κ1) is 17.4. The minimum absolute atomic E-state index is 0.0720. The summed E-state index contributed by atoms with van der Waals surface area (Å²) in [6.07, 6.45) is -4.36. The highest BCUT2D eigenvalue weighted by Gasteiger charge is 2.37. The lowest BCUT2D eigenvalue weighted by atomic mass is 10.1. The van der Waals surface area contributed by atoms with Crippen LogP contribution in [-0.4, -0.2) is 23.2 Å². The van der Waals surface area contributed by atoms with Crippen molar-refractivity contribution in [3.63, 3.8) is 0 Å². The van der Waals surface area contributed by atoms with Gasteiger partial charge in [0.15, 0.2) is 0 Å². The second-order valence-electron chi connectivity index (χ2n) is 5.40. The zero-order valence-corrected chi connectivity index (χ0v) is 13.2. The first-order chi connectivity index (χ1) is 10.5. The van der Waals surface area contributed by atoms with E-state index in [1.807, 2.05) is 13.8 Å². The minimum Gasteiger partial charge on any atom is -0.225 e. The molecule has 1 aromatic heterocycles. The number of hydrogen-bond donors (Lipinski definition) is 1. The van der Waals surface area contributed by atoms with Gasteiger partial charge in [-0.25, -0.2) is 23.2 Å². The number of primary sulfonamides is 1. The molecule has 0 radical (unpaired) electrons. The van der Waals surface area contributed by atoms with Crippen LogP contribution in [0.4, 0.5) is 13.2 Å². The van der Waals surface area contributed by atoms with Crippen LogP contribution < -0.4 is 5.14 Å². The molecule has 2 aromatic rings. The van der Waals surface area contributed by atoms with Gasteiger partial charge in [0.25, 0.3) is 5.82 Å². The van der Waals surface area contributed by atoms with Crippen LogP contribution in [0.2, 0.25) is 0 Å². The predicted molar refractivity (Wildman–Crippen MR) is 76.3 cm³/mol. The molecule has 126 valence electrons. The van der Waals surface area contributed by atoms with Gasteiger partial charge in [0.05, 0.1) is 10.6 Å². The Kier molecular flexibility index (Phi) is 4.49. The Morgan fingerprint density at radius 1 is 1.22 bits per heavy atom. The maximum atomic E-state index is 12.8. The van der Waals surface area contributed by atoms with Crippen LogP contribution in [0.3, 0.4) is 0 Å². The number of benzene rings is 1. The number of nitrogens with zero attached hydrogens (tertiary/aromatic N) is 3. The molecular weight excluding hydrogens is 333 g/mol. The average Bonchev–Trinajstić information content (AvgIpc) is 2.81. The molecule has 6 nitrogen and oxygen atoms in total. The number of sulfonamides is 1. The molecule has 10 heteroatoms. The van der Waals surface area contributed by atoms with Crippen LogP contribution in [0.5, 0.6) is 0 Å². The fourth-order valence-corrected chi connectivity index (χ4v) is 2.46. The SMILES string of the molecule is CC(C)Cc1nc(C(F)(F)F)nn1-c1ccc(S(N)(=O)=O)cc1. The second kappa shape index (κ2) is 5.93. The van der Waals surface area contributed by atoms with Gasteiger partial charge in [-0.1, -0.05) is 13.8 Å². The van der Waals surface area contributed by atoms with Gasteiger partial charge in [-0.15, -0.1) is 5.10 Å². The summed E-state index contributed by atoms with van der Waals surface area (Å²) in [5, 5.41) is 8.49. The number of alkyl halides is 3. The minimum atomic E-state index is -4.66. The quantitative estimate of drug-likeness (QED) is 0.916. The zero-order valence-electron chi connectivity index (χ0n) is 12.4. The standard InChI is InChI=1S/C13H15F3N4O2S/c1-8(2)7-11-18-12(13(14,15)16)19-20(11)9-3-5-10(6-4-9)23(17,21)22/h3-6,8H,7H2,1-2H3,(H2,17,21,22). The van der Waals surface area contributed by atoms with Crippen LogP contribution in [0.1, 0.15) is 25.5 Å². The topological polar surface area (TPSA) is 90.9 Å². The van der Waals surface area contributed by atoms with Gasteiger partial charge in [-0.3, -0.25) is 0 Å². The third kappa shape index (κ3) is 4.08. The van der Waals surface area contributed by atoms with Crippen molar-refractivity contribution in [3.05, 3.63) is 35.9 Å². The molecule has 0 aliphatic carbocycles. The van der Waals surface area contributed by atoms with E-state index in [1.54, 1.807) is 0 Å². The Bertz CT molecular complexity index is 796. The van der Waals surface area contributed by atoms with E-state index in [0.717, 1.165) is 4.68 Å². The highest BCUT2D eigenvalue weighted by molar-refractivity contribution is 7.89. The fourth-order valence-electron chi connectivity index (χ4n) is 1.95. The van der Waals surface area contributed by atoms with Crippen LogP contribution in [0.25, 0.3) is 5.69 Å². The lowest BCUT2D eigenvalue weighted by Gasteiger charge is -2.08. The van der Waals surface area contributed by atoms with E-state index < -0.39 is 22.0 Å². The molecule has 0 spiro atoms. The van der Waals surface area contributed by atoms with Gasteiger partial charge in [-0.05, 0) is 30.2 Å². The van der Waals surface area contributed by atoms with Gasteiger partial charge in [0.1, 0.15) is 5.82 Å². The largest absolute Gasteiger partial charge is 0.453 e. The fraction of sp³-hybridized carbons (Fsp3) is 0.385. The molecular formula is C13H15F3N4O2S. The second-order valence-corrected chi connectivity index (χ2v) is 6.96. The first-order valence-corrected chi connectivity index (χ1v) is 8.19. The average molecular weight is 348 g/mol. The third-order valence-corrected chi connectivity index (χ3v) is 3.86. The number of aromatic nitrogens is 3. The van der Waals surface area contributed by atoms with Gasteiger partial charge < -0.3 is 0 Å². The Labute approximate surface area is 131 Å². The molecule has 1 heterocycles. The van der Waals surface area contributed by atoms with E-state index in [2.05, 4.69) is 10.1 Å². The third-order valence-electron chi connectivity index (χ3n) is 2.93. The summed E-state index contributed by atoms with van der Waals surface area (Å²) in [7, 11) is -3.87. The number of halogens is 3. The molecule has 0 amide bonds. The van der Waals surface area contributed by atoms with Crippen molar-refractivity contribution in [2.24, 2.45) is 11.1 Å². The Hall–Kier alpha value is -1.94. The molecule has 1 aromatic carbocycles. The van der Waals surface area contributed by atoms with E-state index in [1.165, 1.54) is 24.3 Å². The van der Waals surface area contributed by atoms with Gasteiger partial charge in [0, 0.05) is 6.42 Å². The molecule has 2 N–H and O–H groups in total. The first-order valence-electron chi connectivity index (χ1n) is 6.65. The van der Waals surface area contributed by atoms with Gasteiger partial charge in [0.2, 0.25) is 10.0 Å². The highest BCUT2D eigenvalue weighted by Crippen LogP contribution is 2.28. The van der Waals surface area contributed by atoms with Crippen molar-refractivity contribution in [2.45, 2.75) is 31.3 Å². The zero-order chi connectivity index (χ0) is 17.4. The number of rotatable bonds is 4. The molecule has 2 rings (SSSR count). The van der Waals surface area contributed by atoms with E-state index >= 15 is 0 Å². The van der Waals surface area contributed by atoms with E-state index in [9.17, 15) is 21.6 Å². The van der Waals surface area contributed by atoms with Crippen molar-refractivity contribution < 1.29 is 21.6 Å². The van der Waals surface area contributed by atoms with Crippen molar-refractivity contribution in [1.82, 2.24) is 14.8 Å². The highest BCUT2D eigenvalue weighted by atomic mass is 32.2. The summed E-state index contributed by atoms with van der Waals surface area (Å²) in [5.74, 6) is -1.01. The Morgan fingerprint density at radius 2 is 1.78 bits per heavy atom. The summed E-state index contributed by atoms with van der Waals surface area (Å²) in [4.78, 5) is 3.42. The normalized spacial score (nSPS) is 12.8. The van der Waals surface area contributed by atoms with E-state index in [0.29, 0.717) is 6.42 Å². The lowest BCUT2D eigenvalue weighted by molar-refractivity contribution is -0.144. The van der Waals surface area contributed by atoms with Crippen LogP contribution >= 0.6 is 0 Å². The molecule has 0 aliphatic rings. The molecule has 0 saturated heterocycles. The Balaban J connectivity index is 2.50. The molecule has 0 bridgehead atoms. The molecule has 0 saturated carbocycles. The molecule has 0 aliphatic heterocycles.